The van der Waals surface area contributed by atoms with Crippen LogP contribution in [0, 0.1) is 0 Å². The van der Waals surface area contributed by atoms with Gasteiger partial charge in [-0.3, -0.25) is 9.36 Å². The molecule has 0 saturated carbocycles. The highest BCUT2D eigenvalue weighted by Gasteiger charge is 2.34. The number of hydrogen-bond donors (Lipinski definition) is 0. The summed E-state index contributed by atoms with van der Waals surface area (Å²) in [6, 6.07) is 12.0. The van der Waals surface area contributed by atoms with Crippen molar-refractivity contribution < 1.29 is 14.3 Å². The molecule has 1 unspecified atom stereocenters. The van der Waals surface area contributed by atoms with Gasteiger partial charge in [-0.25, -0.2) is 9.79 Å². The summed E-state index contributed by atoms with van der Waals surface area (Å²) in [6.07, 6.45) is 1.47. The van der Waals surface area contributed by atoms with E-state index in [2.05, 4.69) is 20.9 Å². The van der Waals surface area contributed by atoms with E-state index >= 15 is 0 Å². The van der Waals surface area contributed by atoms with Crippen LogP contribution in [0.4, 0.5) is 0 Å². The summed E-state index contributed by atoms with van der Waals surface area (Å²) in [4.78, 5) is 31.8. The van der Waals surface area contributed by atoms with Crippen molar-refractivity contribution in [1.29, 1.82) is 0 Å². The van der Waals surface area contributed by atoms with E-state index in [4.69, 9.17) is 21.1 Å². The molecule has 6 nitrogen and oxygen atoms in total. The fourth-order valence-corrected chi connectivity index (χ4v) is 5.62. The number of methoxy groups -OCH3 is 1. The van der Waals surface area contributed by atoms with E-state index in [0.717, 1.165) is 10.0 Å². The van der Waals surface area contributed by atoms with E-state index < -0.39 is 12.0 Å². The standard InChI is InChI=1S/C25H22BrClN2O4S/c1-13(2)33-24(31)21-14(3)28-25-29(22(21)16-7-5-6-8-18(16)27)23(30)20(34-25)12-15-9-10-19(32-4)17(26)11-15/h5-13,22H,1-4H3. The molecule has 1 aromatic heterocycles. The van der Waals surface area contributed by atoms with Crippen LogP contribution in [-0.4, -0.2) is 23.8 Å². The molecule has 0 fully saturated rings. The number of benzene rings is 2. The predicted octanol–water partition coefficient (Wildman–Crippen LogP) is 4.61. The third-order valence-electron chi connectivity index (χ3n) is 5.26. The second-order valence-corrected chi connectivity index (χ2v) is 10.2. The highest BCUT2D eigenvalue weighted by Crippen LogP contribution is 2.34. The number of thiazole rings is 1. The zero-order valence-electron chi connectivity index (χ0n) is 19.0. The van der Waals surface area contributed by atoms with Gasteiger partial charge >= 0.3 is 5.97 Å². The third-order valence-corrected chi connectivity index (χ3v) is 7.20. The quantitative estimate of drug-likeness (QED) is 0.427. The lowest BCUT2D eigenvalue weighted by Gasteiger charge is -2.26. The van der Waals surface area contributed by atoms with Crippen molar-refractivity contribution in [3.8, 4) is 5.75 Å². The van der Waals surface area contributed by atoms with Crippen LogP contribution in [-0.2, 0) is 9.53 Å². The van der Waals surface area contributed by atoms with Crippen molar-refractivity contribution in [3.05, 3.63) is 94.0 Å². The van der Waals surface area contributed by atoms with Gasteiger partial charge in [0.25, 0.3) is 5.56 Å². The molecule has 0 bridgehead atoms. The van der Waals surface area contributed by atoms with Crippen molar-refractivity contribution in [2.45, 2.75) is 32.9 Å². The molecule has 1 atom stereocenters. The number of rotatable bonds is 5. The van der Waals surface area contributed by atoms with Gasteiger partial charge in [0.1, 0.15) is 11.8 Å². The Morgan fingerprint density at radius 2 is 2.00 bits per heavy atom. The lowest BCUT2D eigenvalue weighted by Crippen LogP contribution is -2.40. The Kier molecular flexibility index (Phi) is 7.12. The van der Waals surface area contributed by atoms with Gasteiger partial charge in [-0.2, -0.15) is 0 Å². The molecule has 0 saturated heterocycles. The minimum absolute atomic E-state index is 0.261. The lowest BCUT2D eigenvalue weighted by molar-refractivity contribution is -0.143. The molecule has 3 aromatic rings. The van der Waals surface area contributed by atoms with Gasteiger partial charge in [-0.1, -0.05) is 47.2 Å². The maximum Gasteiger partial charge on any atom is 0.338 e. The molecule has 0 aliphatic carbocycles. The smallest absolute Gasteiger partial charge is 0.338 e. The highest BCUT2D eigenvalue weighted by molar-refractivity contribution is 9.10. The Labute approximate surface area is 213 Å². The molecule has 9 heteroatoms. The molecule has 4 rings (SSSR count). The van der Waals surface area contributed by atoms with Crippen LogP contribution in [0.15, 0.2) is 68.0 Å². The number of esters is 1. The summed E-state index contributed by atoms with van der Waals surface area (Å²) in [5.41, 5.74) is 1.99. The van der Waals surface area contributed by atoms with E-state index in [1.165, 1.54) is 15.9 Å². The summed E-state index contributed by atoms with van der Waals surface area (Å²) >= 11 is 11.3. The maximum atomic E-state index is 13.6. The normalized spacial score (nSPS) is 15.9. The molecule has 0 amide bonds. The van der Waals surface area contributed by atoms with Crippen molar-refractivity contribution in [2.24, 2.45) is 4.99 Å². The van der Waals surface area contributed by atoms with E-state index in [1.54, 1.807) is 46.1 Å². The largest absolute Gasteiger partial charge is 0.496 e. The first-order valence-electron chi connectivity index (χ1n) is 10.5. The van der Waals surface area contributed by atoms with Crippen molar-refractivity contribution >= 4 is 50.9 Å². The van der Waals surface area contributed by atoms with E-state index in [9.17, 15) is 9.59 Å². The van der Waals surface area contributed by atoms with Crippen molar-refractivity contribution in [1.82, 2.24) is 4.57 Å². The minimum atomic E-state index is -0.749. The van der Waals surface area contributed by atoms with Crippen molar-refractivity contribution in [2.75, 3.05) is 7.11 Å². The highest BCUT2D eigenvalue weighted by atomic mass is 79.9. The van der Waals surface area contributed by atoms with Gasteiger partial charge < -0.3 is 9.47 Å². The van der Waals surface area contributed by atoms with Gasteiger partial charge in [-0.05, 0) is 72.1 Å². The molecule has 2 aromatic carbocycles. The Morgan fingerprint density at radius 3 is 2.65 bits per heavy atom. The Bertz CT molecular complexity index is 1490. The molecule has 0 N–H and O–H groups in total. The number of allylic oxidation sites excluding steroid dienone is 1. The molecule has 2 heterocycles. The number of hydrogen-bond acceptors (Lipinski definition) is 6. The number of ether oxygens (including phenoxy) is 2. The third kappa shape index (κ3) is 4.62. The van der Waals surface area contributed by atoms with E-state index in [1.807, 2.05) is 30.3 Å². The molecular formula is C25H22BrClN2O4S. The zero-order chi connectivity index (χ0) is 24.6. The fourth-order valence-electron chi connectivity index (χ4n) is 3.78. The number of carbonyl (C=O) groups excluding carboxylic acids is 1. The minimum Gasteiger partial charge on any atom is -0.496 e. The summed E-state index contributed by atoms with van der Waals surface area (Å²) in [6.45, 7) is 5.31. The number of nitrogens with zero attached hydrogens (tertiary/aromatic N) is 2. The molecule has 34 heavy (non-hydrogen) atoms. The molecule has 0 radical (unpaired) electrons. The summed E-state index contributed by atoms with van der Waals surface area (Å²) in [7, 11) is 1.59. The van der Waals surface area contributed by atoms with Crippen LogP contribution in [0.5, 0.6) is 5.75 Å². The molecule has 176 valence electrons. The van der Waals surface area contributed by atoms with Crippen LogP contribution in [0.2, 0.25) is 5.02 Å². The average Bonchev–Trinajstić information content (AvgIpc) is 3.07. The summed E-state index contributed by atoms with van der Waals surface area (Å²) in [5, 5.41) is 0.450. The Morgan fingerprint density at radius 1 is 1.26 bits per heavy atom. The average molecular weight is 562 g/mol. The SMILES string of the molecule is COc1ccc(C=c2sc3n(c2=O)C(c2ccccc2Cl)C(C(=O)OC(C)C)=C(C)N=3)cc1Br. The van der Waals surface area contributed by atoms with Gasteiger partial charge in [-0.15, -0.1) is 0 Å². The molecular weight excluding hydrogens is 540 g/mol. The summed E-state index contributed by atoms with van der Waals surface area (Å²) in [5.74, 6) is 0.177. The van der Waals surface area contributed by atoms with E-state index in [-0.39, 0.29) is 11.7 Å². The molecule has 1 aliphatic rings. The van der Waals surface area contributed by atoms with Gasteiger partial charge in [0.2, 0.25) is 0 Å². The van der Waals surface area contributed by atoms with Gasteiger partial charge in [0.15, 0.2) is 4.80 Å². The topological polar surface area (TPSA) is 69.9 Å². The predicted molar refractivity (Wildman–Crippen MR) is 137 cm³/mol. The van der Waals surface area contributed by atoms with Crippen LogP contribution < -0.4 is 19.6 Å². The first-order chi connectivity index (χ1) is 16.2. The Balaban J connectivity index is 1.94. The summed E-state index contributed by atoms with van der Waals surface area (Å²) < 4.78 is 13.6. The Hall–Kier alpha value is -2.68. The number of carbonyl (C=O) groups is 1. The second-order valence-electron chi connectivity index (χ2n) is 7.95. The second kappa shape index (κ2) is 9.90. The number of aromatic nitrogens is 1. The number of halogens is 2. The first kappa shape index (κ1) is 24.4. The van der Waals surface area contributed by atoms with Gasteiger partial charge in [0, 0.05) is 5.02 Å². The molecule has 1 aliphatic heterocycles. The van der Waals surface area contributed by atoms with Crippen LogP contribution in [0.1, 0.15) is 37.9 Å². The first-order valence-corrected chi connectivity index (χ1v) is 12.5. The van der Waals surface area contributed by atoms with Crippen LogP contribution in [0.3, 0.4) is 0 Å². The number of fused-ring (bicyclic) bond motifs is 1. The lowest BCUT2D eigenvalue weighted by atomic mass is 9.96. The van der Waals surface area contributed by atoms with Crippen LogP contribution in [0.25, 0.3) is 6.08 Å². The molecule has 0 spiro atoms. The zero-order valence-corrected chi connectivity index (χ0v) is 22.1. The van der Waals surface area contributed by atoms with Gasteiger partial charge in [0.05, 0.1) is 33.5 Å². The van der Waals surface area contributed by atoms with Crippen molar-refractivity contribution in [3.63, 3.8) is 0 Å². The fraction of sp³-hybridized carbons (Fsp3) is 0.240. The van der Waals surface area contributed by atoms with E-state index in [0.29, 0.717) is 36.9 Å². The van der Waals surface area contributed by atoms with Crippen LogP contribution >= 0.6 is 38.9 Å². The maximum absolute atomic E-state index is 13.6. The monoisotopic (exact) mass is 560 g/mol.